The molecule has 0 saturated heterocycles. The Morgan fingerprint density at radius 2 is 0.902 bits per heavy atom. The van der Waals surface area contributed by atoms with Crippen molar-refractivity contribution < 1.29 is 9.59 Å². The molecule has 0 amide bonds. The number of rotatable bonds is 2. The molecule has 0 spiro atoms. The smallest absolute Gasteiger partial charge is 0.173 e. The van der Waals surface area contributed by atoms with Gasteiger partial charge in [0.05, 0.1) is 28.4 Å². The van der Waals surface area contributed by atoms with Gasteiger partial charge in [0.25, 0.3) is 0 Å². The Kier molecular flexibility index (Phi) is 5.22. The first-order chi connectivity index (χ1) is 25.1. The summed E-state index contributed by atoms with van der Waals surface area (Å²) in [6.45, 7) is 0. The van der Waals surface area contributed by atoms with Gasteiger partial charge in [0.15, 0.2) is 11.6 Å². The van der Waals surface area contributed by atoms with Crippen LogP contribution >= 0.6 is 0 Å². The molecule has 0 aliphatic heterocycles. The number of nitrogens with zero attached hydrogens (tertiary/aromatic N) is 1. The number of allylic oxidation sites excluding steroid dienone is 8. The lowest BCUT2D eigenvalue weighted by Crippen LogP contribution is -2.10. The van der Waals surface area contributed by atoms with Gasteiger partial charge in [-0.15, -0.1) is 0 Å². The minimum atomic E-state index is -0.229. The van der Waals surface area contributed by atoms with E-state index in [0.717, 1.165) is 71.5 Å². The number of hydrogen-bond acceptors (Lipinski definition) is 2. The van der Waals surface area contributed by atoms with Crippen LogP contribution in [0.15, 0.2) is 152 Å². The van der Waals surface area contributed by atoms with Crippen molar-refractivity contribution >= 4 is 60.4 Å². The quantitative estimate of drug-likeness (QED) is 0.175. The van der Waals surface area contributed by atoms with Gasteiger partial charge in [-0.05, 0) is 92.7 Å². The summed E-state index contributed by atoms with van der Waals surface area (Å²) in [6.07, 6.45) is 16.9. The van der Waals surface area contributed by atoms with E-state index in [1.807, 2.05) is 0 Å². The highest BCUT2D eigenvalue weighted by atomic mass is 16.1. The third-order valence-electron chi connectivity index (χ3n) is 12.0. The Bertz CT molecular complexity index is 2860. The predicted molar refractivity (Wildman–Crippen MR) is 207 cm³/mol. The Morgan fingerprint density at radius 3 is 1.49 bits per heavy atom. The molecule has 0 N–H and O–H groups in total. The first kappa shape index (κ1) is 27.5. The molecule has 6 aromatic carbocycles. The lowest BCUT2D eigenvalue weighted by atomic mass is 9.90. The summed E-state index contributed by atoms with van der Waals surface area (Å²) in [5.74, 6) is -0.0257. The number of ketones is 2. The van der Waals surface area contributed by atoms with Crippen molar-refractivity contribution in [3.8, 4) is 22.3 Å². The van der Waals surface area contributed by atoms with Crippen LogP contribution in [-0.2, 0) is 0 Å². The molecule has 8 aromatic rings. The maximum Gasteiger partial charge on any atom is 0.173 e. The maximum absolute atomic E-state index is 13.9. The molecule has 3 nitrogen and oxygen atoms in total. The van der Waals surface area contributed by atoms with Gasteiger partial charge in [-0.25, -0.2) is 0 Å². The van der Waals surface area contributed by atoms with Crippen LogP contribution in [0.2, 0.25) is 0 Å². The van der Waals surface area contributed by atoms with Crippen molar-refractivity contribution in [2.24, 2.45) is 11.8 Å². The zero-order valence-electron chi connectivity index (χ0n) is 27.5. The Hall–Kier alpha value is -6.32. The molecule has 0 radical (unpaired) electrons. The molecule has 51 heavy (non-hydrogen) atoms. The average Bonchev–Trinajstić information content (AvgIpc) is 3.50. The standard InChI is InChI=1S/C48H29NO2/c50-47-29-14-10-27(11-15-29)36-22-38-40-20-33(32-18-31-8-4-5-9-34(31)35(19-32)26-6-2-1-3-7-26)21-41-39-23-37-28-12-16-30(17-13-28)48(51)43(37)25-45(39)49(46(40)41)44(38)24-42(36)47/h1-25,27-30H. The Balaban J connectivity index is 1.22. The van der Waals surface area contributed by atoms with Crippen molar-refractivity contribution in [3.63, 3.8) is 0 Å². The minimum absolute atomic E-state index is 0.0705. The average molecular weight is 652 g/mol. The highest BCUT2D eigenvalue weighted by Gasteiger charge is 2.32. The third-order valence-corrected chi connectivity index (χ3v) is 12.0. The molecule has 6 aliphatic rings. The molecular weight excluding hydrogens is 623 g/mol. The summed E-state index contributed by atoms with van der Waals surface area (Å²) >= 11 is 0. The highest BCUT2D eigenvalue weighted by Crippen LogP contribution is 2.47. The Morgan fingerprint density at radius 1 is 0.392 bits per heavy atom. The van der Waals surface area contributed by atoms with Crippen LogP contribution < -0.4 is 0 Å². The van der Waals surface area contributed by atoms with Gasteiger partial charge < -0.3 is 4.40 Å². The van der Waals surface area contributed by atoms with Crippen molar-refractivity contribution in [2.45, 2.75) is 11.8 Å². The number of benzene rings is 6. The molecule has 3 heteroatoms. The van der Waals surface area contributed by atoms with Crippen molar-refractivity contribution in [1.29, 1.82) is 0 Å². The first-order valence-electron chi connectivity index (χ1n) is 17.8. The summed E-state index contributed by atoms with van der Waals surface area (Å²) in [6, 6.07) is 37.4. The Labute approximate surface area is 293 Å². The maximum atomic E-state index is 13.9. The number of Topliss-reactive ketones (excluding diaryl/α,β-unsaturated/α-hetero) is 2. The van der Waals surface area contributed by atoms with E-state index in [-0.39, 0.29) is 35.2 Å². The first-order valence-corrected chi connectivity index (χ1v) is 17.8. The predicted octanol–water partition coefficient (Wildman–Crippen LogP) is 11.4. The van der Waals surface area contributed by atoms with E-state index in [1.54, 1.807) is 0 Å². The van der Waals surface area contributed by atoms with Crippen LogP contribution in [-0.4, -0.2) is 16.0 Å². The number of carbonyl (C=O) groups is 2. The van der Waals surface area contributed by atoms with Crippen LogP contribution in [0.4, 0.5) is 0 Å². The topological polar surface area (TPSA) is 38.5 Å². The van der Waals surface area contributed by atoms with Gasteiger partial charge in [0, 0.05) is 44.5 Å². The second-order valence-electron chi connectivity index (χ2n) is 14.7. The van der Waals surface area contributed by atoms with E-state index in [4.69, 9.17) is 0 Å². The number of hydrogen-bond donors (Lipinski definition) is 0. The molecule has 0 saturated carbocycles. The van der Waals surface area contributed by atoms with E-state index in [1.165, 1.54) is 21.9 Å². The van der Waals surface area contributed by atoms with Gasteiger partial charge in [0.1, 0.15) is 0 Å². The fourth-order valence-corrected chi connectivity index (χ4v) is 9.48. The van der Waals surface area contributed by atoms with Crippen LogP contribution in [0.1, 0.15) is 43.7 Å². The van der Waals surface area contributed by atoms with E-state index < -0.39 is 0 Å². The summed E-state index contributed by atoms with van der Waals surface area (Å²) in [4.78, 5) is 27.8. The number of aromatic nitrogens is 1. The number of fused-ring (bicyclic) bond motifs is 7. The normalized spacial score (nSPS) is 21.5. The van der Waals surface area contributed by atoms with Crippen LogP contribution in [0, 0.1) is 11.8 Å². The van der Waals surface area contributed by atoms with E-state index in [2.05, 4.69) is 156 Å². The molecule has 2 aromatic heterocycles. The molecule has 238 valence electrons. The monoisotopic (exact) mass is 651 g/mol. The van der Waals surface area contributed by atoms with Gasteiger partial charge >= 0.3 is 0 Å². The van der Waals surface area contributed by atoms with E-state index >= 15 is 0 Å². The molecule has 0 atom stereocenters. The molecular formula is C48H29NO2. The fraction of sp³-hybridized carbons (Fsp3) is 0.0833. The second-order valence-corrected chi connectivity index (χ2v) is 14.7. The number of carbonyl (C=O) groups excluding carboxylic acids is 2. The largest absolute Gasteiger partial charge is 0.308 e. The van der Waals surface area contributed by atoms with E-state index in [9.17, 15) is 9.59 Å². The third kappa shape index (κ3) is 3.63. The van der Waals surface area contributed by atoms with Crippen molar-refractivity contribution in [3.05, 3.63) is 174 Å². The van der Waals surface area contributed by atoms with Gasteiger partial charge in [-0.2, -0.15) is 0 Å². The summed E-state index contributed by atoms with van der Waals surface area (Å²) in [7, 11) is 0. The molecule has 6 aliphatic carbocycles. The lowest BCUT2D eigenvalue weighted by molar-refractivity contribution is 0.0958. The molecule has 2 heterocycles. The summed E-state index contributed by atoms with van der Waals surface area (Å²) in [5, 5.41) is 7.01. The van der Waals surface area contributed by atoms with Crippen LogP contribution in [0.3, 0.4) is 0 Å². The summed E-state index contributed by atoms with van der Waals surface area (Å²) < 4.78 is 2.33. The van der Waals surface area contributed by atoms with Crippen LogP contribution in [0.25, 0.3) is 71.1 Å². The molecule has 0 fully saturated rings. The molecule has 0 unspecified atom stereocenters. The van der Waals surface area contributed by atoms with E-state index in [0.29, 0.717) is 0 Å². The fourth-order valence-electron chi connectivity index (χ4n) is 9.48. The minimum Gasteiger partial charge on any atom is -0.308 e. The zero-order chi connectivity index (χ0) is 33.5. The SMILES string of the molecule is O=C1c2cc3c(cc2C2C=CC1C=C2)c1cc(-c2cc(-c4ccccc4)c4ccccc4c2)cc2c4cc5c(cc4n3c12)C(=O)C1C=CC5C=C1. The molecule has 14 rings (SSSR count). The van der Waals surface area contributed by atoms with Gasteiger partial charge in [0.2, 0.25) is 0 Å². The van der Waals surface area contributed by atoms with Gasteiger partial charge in [-0.3, -0.25) is 9.59 Å². The van der Waals surface area contributed by atoms with Crippen LogP contribution in [0.5, 0.6) is 0 Å². The second kappa shape index (κ2) is 9.68. The van der Waals surface area contributed by atoms with Crippen molar-refractivity contribution in [2.75, 3.05) is 0 Å². The lowest BCUT2D eigenvalue weighted by Gasteiger charge is -2.14. The highest BCUT2D eigenvalue weighted by molar-refractivity contribution is 6.26. The zero-order valence-corrected chi connectivity index (χ0v) is 27.5. The molecule has 4 bridgehead atoms. The summed E-state index contributed by atoms with van der Waals surface area (Å²) in [5.41, 5.74) is 11.6. The van der Waals surface area contributed by atoms with Gasteiger partial charge in [-0.1, -0.05) is 103 Å². The van der Waals surface area contributed by atoms with Crippen molar-refractivity contribution in [1.82, 2.24) is 4.40 Å².